The van der Waals surface area contributed by atoms with Crippen molar-refractivity contribution < 1.29 is 4.79 Å². The number of carbonyl (C=O) groups excluding carboxylic acids is 1. The number of likely N-dealkylation sites (tertiary alicyclic amines) is 1. The number of benzene rings is 1. The van der Waals surface area contributed by atoms with Crippen LogP contribution in [0.15, 0.2) is 48.9 Å². The number of aromatic amines is 1. The summed E-state index contributed by atoms with van der Waals surface area (Å²) in [6.45, 7) is 1.34. The van der Waals surface area contributed by atoms with E-state index in [4.69, 9.17) is 0 Å². The zero-order valence-electron chi connectivity index (χ0n) is 13.7. The number of H-pyrrole nitrogens is 1. The predicted molar refractivity (Wildman–Crippen MR) is 91.7 cm³/mol. The molecule has 1 aliphatic heterocycles. The summed E-state index contributed by atoms with van der Waals surface area (Å²) in [6, 6.07) is 9.87. The van der Waals surface area contributed by atoms with Gasteiger partial charge in [-0.3, -0.25) is 14.9 Å². The lowest BCUT2D eigenvalue weighted by molar-refractivity contribution is 0.0698. The fourth-order valence-corrected chi connectivity index (χ4v) is 3.13. The van der Waals surface area contributed by atoms with Crippen molar-refractivity contribution in [3.63, 3.8) is 0 Å². The monoisotopic (exact) mass is 334 g/mol. The first-order valence-corrected chi connectivity index (χ1v) is 8.34. The maximum absolute atomic E-state index is 12.6. The summed E-state index contributed by atoms with van der Waals surface area (Å²) in [5, 5.41) is 7.37. The zero-order valence-corrected chi connectivity index (χ0v) is 13.7. The van der Waals surface area contributed by atoms with E-state index in [0.717, 1.165) is 30.8 Å². The molecule has 1 aromatic carbocycles. The fourth-order valence-electron chi connectivity index (χ4n) is 3.13. The highest BCUT2D eigenvalue weighted by atomic mass is 16.2. The molecule has 3 aromatic rings. The van der Waals surface area contributed by atoms with Gasteiger partial charge in [0, 0.05) is 37.0 Å². The first-order valence-electron chi connectivity index (χ1n) is 8.34. The minimum atomic E-state index is -0.0828. The first kappa shape index (κ1) is 15.4. The van der Waals surface area contributed by atoms with Crippen LogP contribution in [0.1, 0.15) is 35.1 Å². The van der Waals surface area contributed by atoms with Gasteiger partial charge in [0.2, 0.25) is 0 Å². The van der Waals surface area contributed by atoms with Gasteiger partial charge in [0.1, 0.15) is 11.5 Å². The number of rotatable bonds is 3. The number of carbonyl (C=O) groups is 1. The number of hydrogen-bond acceptors (Lipinski definition) is 5. The third-order valence-corrected chi connectivity index (χ3v) is 4.41. The second-order valence-corrected chi connectivity index (χ2v) is 6.09. The molecule has 1 atom stereocenters. The molecule has 1 N–H and O–H groups in total. The van der Waals surface area contributed by atoms with Crippen molar-refractivity contribution in [2.75, 3.05) is 13.1 Å². The van der Waals surface area contributed by atoms with Gasteiger partial charge in [0.15, 0.2) is 5.82 Å². The molecule has 7 heteroatoms. The van der Waals surface area contributed by atoms with E-state index >= 15 is 0 Å². The molecule has 126 valence electrons. The van der Waals surface area contributed by atoms with E-state index in [2.05, 4.69) is 25.1 Å². The van der Waals surface area contributed by atoms with E-state index in [1.54, 1.807) is 6.20 Å². The van der Waals surface area contributed by atoms with Crippen molar-refractivity contribution in [1.29, 1.82) is 0 Å². The summed E-state index contributed by atoms with van der Waals surface area (Å²) in [7, 11) is 0. The first-order chi connectivity index (χ1) is 12.3. The van der Waals surface area contributed by atoms with Crippen molar-refractivity contribution in [3.05, 3.63) is 60.4 Å². The Balaban J connectivity index is 1.50. The molecule has 2 aromatic heterocycles. The highest BCUT2D eigenvalue weighted by molar-refractivity contribution is 5.92. The van der Waals surface area contributed by atoms with Gasteiger partial charge in [-0.2, -0.15) is 5.10 Å². The Hall–Kier alpha value is -3.09. The molecule has 1 aliphatic rings. The summed E-state index contributed by atoms with van der Waals surface area (Å²) in [6.07, 6.45) is 6.52. The van der Waals surface area contributed by atoms with Gasteiger partial charge in [0.25, 0.3) is 5.91 Å². The van der Waals surface area contributed by atoms with Gasteiger partial charge in [-0.1, -0.05) is 30.3 Å². The summed E-state index contributed by atoms with van der Waals surface area (Å²) in [4.78, 5) is 27.1. The molecule has 0 aliphatic carbocycles. The van der Waals surface area contributed by atoms with Gasteiger partial charge >= 0.3 is 0 Å². The Morgan fingerprint density at radius 2 is 2.08 bits per heavy atom. The van der Waals surface area contributed by atoms with E-state index in [-0.39, 0.29) is 11.8 Å². The second kappa shape index (κ2) is 6.80. The summed E-state index contributed by atoms with van der Waals surface area (Å²) >= 11 is 0. The lowest BCUT2D eigenvalue weighted by Crippen LogP contribution is -2.39. The molecule has 25 heavy (non-hydrogen) atoms. The third kappa shape index (κ3) is 3.26. The van der Waals surface area contributed by atoms with Crippen LogP contribution in [0.2, 0.25) is 0 Å². The Morgan fingerprint density at radius 3 is 2.88 bits per heavy atom. The van der Waals surface area contributed by atoms with Crippen LogP contribution in [0.3, 0.4) is 0 Å². The van der Waals surface area contributed by atoms with Gasteiger partial charge in [-0.15, -0.1) is 0 Å². The van der Waals surface area contributed by atoms with Crippen molar-refractivity contribution in [3.8, 4) is 11.4 Å². The number of amides is 1. The molecule has 7 nitrogen and oxygen atoms in total. The van der Waals surface area contributed by atoms with Crippen LogP contribution in [-0.4, -0.2) is 49.0 Å². The Bertz CT molecular complexity index is 848. The van der Waals surface area contributed by atoms with Crippen LogP contribution in [-0.2, 0) is 0 Å². The molecule has 0 radical (unpaired) electrons. The molecule has 1 amide bonds. The minimum absolute atomic E-state index is 0.0828. The Labute approximate surface area is 145 Å². The third-order valence-electron chi connectivity index (χ3n) is 4.41. The standard InChI is InChI=1S/C18H18N6O/c25-18(15-11-19-8-9-20-15)24-10-4-7-14(12-24)17-21-16(22-23-17)13-5-2-1-3-6-13/h1-3,5-6,8-9,11,14H,4,7,10,12H2,(H,21,22,23)/t14-/m0/s1. The fraction of sp³-hybridized carbons (Fsp3) is 0.278. The van der Waals surface area contributed by atoms with Crippen LogP contribution < -0.4 is 0 Å². The summed E-state index contributed by atoms with van der Waals surface area (Å²) < 4.78 is 0. The Kier molecular flexibility index (Phi) is 4.20. The predicted octanol–water partition coefficient (Wildman–Crippen LogP) is 2.28. The molecule has 1 saturated heterocycles. The zero-order chi connectivity index (χ0) is 17.1. The number of nitrogens with zero attached hydrogens (tertiary/aromatic N) is 5. The summed E-state index contributed by atoms with van der Waals surface area (Å²) in [5.74, 6) is 1.59. The van der Waals surface area contributed by atoms with Crippen molar-refractivity contribution in [2.45, 2.75) is 18.8 Å². The molecule has 3 heterocycles. The second-order valence-electron chi connectivity index (χ2n) is 6.09. The van der Waals surface area contributed by atoms with E-state index in [0.29, 0.717) is 18.1 Å². The molecule has 1 fully saturated rings. The van der Waals surface area contributed by atoms with E-state index in [1.165, 1.54) is 12.4 Å². The van der Waals surface area contributed by atoms with Crippen LogP contribution in [0, 0.1) is 0 Å². The lowest BCUT2D eigenvalue weighted by atomic mass is 9.97. The molecular formula is C18H18N6O. The average Bonchev–Trinajstić information content (AvgIpc) is 3.19. The quantitative estimate of drug-likeness (QED) is 0.794. The van der Waals surface area contributed by atoms with E-state index < -0.39 is 0 Å². The largest absolute Gasteiger partial charge is 0.337 e. The topological polar surface area (TPSA) is 87.7 Å². The van der Waals surface area contributed by atoms with Gasteiger partial charge in [-0.05, 0) is 12.8 Å². The van der Waals surface area contributed by atoms with Crippen LogP contribution in [0.4, 0.5) is 0 Å². The van der Waals surface area contributed by atoms with E-state index in [1.807, 2.05) is 35.2 Å². The van der Waals surface area contributed by atoms with E-state index in [9.17, 15) is 4.79 Å². The molecule has 0 spiro atoms. The maximum Gasteiger partial charge on any atom is 0.274 e. The maximum atomic E-state index is 12.6. The minimum Gasteiger partial charge on any atom is -0.337 e. The highest BCUT2D eigenvalue weighted by Gasteiger charge is 2.28. The van der Waals surface area contributed by atoms with Crippen LogP contribution in [0.5, 0.6) is 0 Å². The van der Waals surface area contributed by atoms with Gasteiger partial charge in [0.05, 0.1) is 6.20 Å². The SMILES string of the molecule is O=C(c1cnccn1)N1CCC[C@H](c2nc(-c3ccccc3)n[nH]2)C1. The number of hydrogen-bond donors (Lipinski definition) is 1. The number of aromatic nitrogens is 5. The van der Waals surface area contributed by atoms with Crippen molar-refractivity contribution in [1.82, 2.24) is 30.0 Å². The Morgan fingerprint density at radius 1 is 1.20 bits per heavy atom. The van der Waals surface area contributed by atoms with Gasteiger partial charge < -0.3 is 4.90 Å². The molecule has 4 rings (SSSR count). The van der Waals surface area contributed by atoms with Crippen molar-refractivity contribution >= 4 is 5.91 Å². The molecule has 0 unspecified atom stereocenters. The molecular weight excluding hydrogens is 316 g/mol. The number of nitrogens with one attached hydrogen (secondary N) is 1. The molecule has 0 saturated carbocycles. The van der Waals surface area contributed by atoms with Gasteiger partial charge in [-0.25, -0.2) is 9.97 Å². The number of piperidine rings is 1. The van der Waals surface area contributed by atoms with Crippen LogP contribution in [0.25, 0.3) is 11.4 Å². The average molecular weight is 334 g/mol. The molecule has 0 bridgehead atoms. The van der Waals surface area contributed by atoms with Crippen molar-refractivity contribution in [2.24, 2.45) is 0 Å². The summed E-state index contributed by atoms with van der Waals surface area (Å²) in [5.41, 5.74) is 1.36. The highest BCUT2D eigenvalue weighted by Crippen LogP contribution is 2.26. The lowest BCUT2D eigenvalue weighted by Gasteiger charge is -2.31. The normalized spacial score (nSPS) is 17.4. The smallest absolute Gasteiger partial charge is 0.274 e. The van der Waals surface area contributed by atoms with Crippen LogP contribution >= 0.6 is 0 Å².